The van der Waals surface area contributed by atoms with Gasteiger partial charge in [-0.25, -0.2) is 4.79 Å². The first kappa shape index (κ1) is 12.6. The van der Waals surface area contributed by atoms with E-state index in [9.17, 15) is 9.90 Å². The second kappa shape index (κ2) is 5.23. The molecule has 0 saturated heterocycles. The number of carboxylic acids is 1. The van der Waals surface area contributed by atoms with Gasteiger partial charge in [0.05, 0.1) is 12.7 Å². The van der Waals surface area contributed by atoms with Crippen LogP contribution >= 0.6 is 0 Å². The highest BCUT2D eigenvalue weighted by Crippen LogP contribution is 2.29. The molecule has 0 aromatic heterocycles. The van der Waals surface area contributed by atoms with Crippen molar-refractivity contribution >= 4 is 11.5 Å². The van der Waals surface area contributed by atoms with Gasteiger partial charge in [0.15, 0.2) is 0 Å². The van der Waals surface area contributed by atoms with Gasteiger partial charge in [-0.2, -0.15) is 0 Å². The van der Waals surface area contributed by atoms with Crippen LogP contribution in [0.15, 0.2) is 29.8 Å². The molecule has 0 fully saturated rings. The summed E-state index contributed by atoms with van der Waals surface area (Å²) in [6.07, 6.45) is 0.755. The van der Waals surface area contributed by atoms with Gasteiger partial charge in [-0.3, -0.25) is 0 Å². The summed E-state index contributed by atoms with van der Waals surface area (Å²) in [5.41, 5.74) is 2.34. The zero-order chi connectivity index (χ0) is 13.1. The van der Waals surface area contributed by atoms with Gasteiger partial charge >= 0.3 is 5.97 Å². The van der Waals surface area contributed by atoms with Crippen molar-refractivity contribution in [2.24, 2.45) is 0 Å². The summed E-state index contributed by atoms with van der Waals surface area (Å²) in [6.45, 7) is 1.37. The van der Waals surface area contributed by atoms with Crippen molar-refractivity contribution in [3.63, 3.8) is 0 Å². The first-order valence-corrected chi connectivity index (χ1v) is 5.90. The Bertz CT molecular complexity index is 494. The zero-order valence-electron chi connectivity index (χ0n) is 10.6. The molecule has 4 nitrogen and oxygen atoms in total. The molecule has 1 aromatic rings. The van der Waals surface area contributed by atoms with Crippen LogP contribution in [-0.4, -0.2) is 43.2 Å². The molecule has 1 N–H and O–H groups in total. The molecule has 4 heteroatoms. The molecule has 0 radical (unpaired) electrons. The lowest BCUT2D eigenvalue weighted by Crippen LogP contribution is -2.30. The Kier molecular flexibility index (Phi) is 3.67. The van der Waals surface area contributed by atoms with E-state index in [0.29, 0.717) is 12.1 Å². The maximum Gasteiger partial charge on any atom is 0.333 e. The summed E-state index contributed by atoms with van der Waals surface area (Å²) in [5.74, 6) is -0.0805. The topological polar surface area (TPSA) is 49.8 Å². The maximum atomic E-state index is 11.3. The third kappa shape index (κ3) is 2.54. The third-order valence-electron chi connectivity index (χ3n) is 3.21. The van der Waals surface area contributed by atoms with Gasteiger partial charge in [0.1, 0.15) is 5.75 Å². The van der Waals surface area contributed by atoms with Crippen molar-refractivity contribution in [3.05, 3.63) is 35.4 Å². The van der Waals surface area contributed by atoms with Crippen LogP contribution in [0.5, 0.6) is 5.75 Å². The summed E-state index contributed by atoms with van der Waals surface area (Å²) >= 11 is 0. The van der Waals surface area contributed by atoms with Crippen molar-refractivity contribution in [1.29, 1.82) is 0 Å². The van der Waals surface area contributed by atoms with Gasteiger partial charge in [0.2, 0.25) is 0 Å². The molecule has 0 bridgehead atoms. The number of ether oxygens (including phenoxy) is 1. The standard InChI is InChI=1S/C14H17NO3/c1-15-7-6-12(13(9-15)14(16)17)10-4-3-5-11(8-10)18-2/h3-5,8H,6-7,9H2,1-2H3,(H,16,17). The molecule has 1 heterocycles. The fraction of sp³-hybridized carbons (Fsp3) is 0.357. The molecule has 0 spiro atoms. The normalized spacial score (nSPS) is 16.8. The number of carbonyl (C=O) groups is 1. The molecule has 96 valence electrons. The lowest BCUT2D eigenvalue weighted by molar-refractivity contribution is -0.132. The van der Waals surface area contributed by atoms with E-state index in [1.807, 2.05) is 36.2 Å². The lowest BCUT2D eigenvalue weighted by Gasteiger charge is -2.26. The zero-order valence-corrected chi connectivity index (χ0v) is 10.6. The van der Waals surface area contributed by atoms with Gasteiger partial charge in [-0.15, -0.1) is 0 Å². The van der Waals surface area contributed by atoms with Gasteiger partial charge < -0.3 is 14.7 Å². The van der Waals surface area contributed by atoms with E-state index >= 15 is 0 Å². The minimum Gasteiger partial charge on any atom is -0.497 e. The van der Waals surface area contributed by atoms with E-state index in [0.717, 1.165) is 29.9 Å². The number of rotatable bonds is 3. The number of hydrogen-bond donors (Lipinski definition) is 1. The molecule has 0 aliphatic carbocycles. The summed E-state index contributed by atoms with van der Waals surface area (Å²) in [6, 6.07) is 7.58. The minimum atomic E-state index is -0.834. The van der Waals surface area contributed by atoms with E-state index in [1.54, 1.807) is 7.11 Å². The van der Waals surface area contributed by atoms with E-state index < -0.39 is 5.97 Å². The highest BCUT2D eigenvalue weighted by atomic mass is 16.5. The average Bonchev–Trinajstić information content (AvgIpc) is 2.38. The molecule has 1 aromatic carbocycles. The van der Waals surface area contributed by atoms with Crippen molar-refractivity contribution in [2.45, 2.75) is 6.42 Å². The van der Waals surface area contributed by atoms with E-state index in [4.69, 9.17) is 4.74 Å². The monoisotopic (exact) mass is 247 g/mol. The Hall–Kier alpha value is -1.81. The SMILES string of the molecule is COc1cccc(C2=C(C(=O)O)CN(C)CC2)c1. The third-order valence-corrected chi connectivity index (χ3v) is 3.21. The summed E-state index contributed by atoms with van der Waals surface area (Å²) < 4.78 is 5.18. The number of methoxy groups -OCH3 is 1. The quantitative estimate of drug-likeness (QED) is 0.886. The predicted octanol–water partition coefficient (Wildman–Crippen LogP) is 1.87. The van der Waals surface area contributed by atoms with Gasteiger partial charge in [-0.1, -0.05) is 12.1 Å². The lowest BCUT2D eigenvalue weighted by atomic mass is 9.93. The van der Waals surface area contributed by atoms with Crippen molar-refractivity contribution in [3.8, 4) is 5.75 Å². The number of aliphatic carboxylic acids is 1. The summed E-state index contributed by atoms with van der Waals surface area (Å²) in [7, 11) is 3.55. The molecule has 0 saturated carbocycles. The van der Waals surface area contributed by atoms with Crippen LogP contribution in [0.2, 0.25) is 0 Å². The summed E-state index contributed by atoms with van der Waals surface area (Å²) in [5, 5.41) is 9.30. The molecular weight excluding hydrogens is 230 g/mol. The first-order chi connectivity index (χ1) is 8.61. The molecule has 0 amide bonds. The Labute approximate surface area is 106 Å². The number of nitrogens with zero attached hydrogens (tertiary/aromatic N) is 1. The van der Waals surface area contributed by atoms with Gasteiger partial charge in [0.25, 0.3) is 0 Å². The fourth-order valence-corrected chi connectivity index (χ4v) is 2.22. The highest BCUT2D eigenvalue weighted by molar-refractivity contribution is 5.97. The fourth-order valence-electron chi connectivity index (χ4n) is 2.22. The second-order valence-electron chi connectivity index (χ2n) is 4.48. The van der Waals surface area contributed by atoms with Crippen LogP contribution in [0.25, 0.3) is 5.57 Å². The van der Waals surface area contributed by atoms with Gasteiger partial charge in [-0.05, 0) is 36.7 Å². The highest BCUT2D eigenvalue weighted by Gasteiger charge is 2.22. The smallest absolute Gasteiger partial charge is 0.333 e. The molecule has 2 rings (SSSR count). The molecule has 0 atom stereocenters. The molecule has 1 aliphatic rings. The first-order valence-electron chi connectivity index (χ1n) is 5.90. The Morgan fingerprint density at radius 3 is 2.89 bits per heavy atom. The van der Waals surface area contributed by atoms with Crippen LogP contribution in [0.4, 0.5) is 0 Å². The van der Waals surface area contributed by atoms with Crippen molar-refractivity contribution in [1.82, 2.24) is 4.90 Å². The van der Waals surface area contributed by atoms with Crippen molar-refractivity contribution < 1.29 is 14.6 Å². The molecule has 1 aliphatic heterocycles. The maximum absolute atomic E-state index is 11.3. The van der Waals surface area contributed by atoms with Crippen LogP contribution in [0.1, 0.15) is 12.0 Å². The van der Waals surface area contributed by atoms with Crippen LogP contribution in [0, 0.1) is 0 Å². The molecular formula is C14H17NO3. The van der Waals surface area contributed by atoms with Crippen molar-refractivity contribution in [2.75, 3.05) is 27.2 Å². The number of benzene rings is 1. The van der Waals surface area contributed by atoms with E-state index in [1.165, 1.54) is 0 Å². The Balaban J connectivity index is 2.45. The Morgan fingerprint density at radius 1 is 1.44 bits per heavy atom. The summed E-state index contributed by atoms with van der Waals surface area (Å²) in [4.78, 5) is 13.3. The second-order valence-corrected chi connectivity index (χ2v) is 4.48. The number of likely N-dealkylation sites (N-methyl/N-ethyl adjacent to an activating group) is 1. The van der Waals surface area contributed by atoms with Crippen LogP contribution in [-0.2, 0) is 4.79 Å². The largest absolute Gasteiger partial charge is 0.497 e. The average molecular weight is 247 g/mol. The molecule has 0 unspecified atom stereocenters. The van der Waals surface area contributed by atoms with Gasteiger partial charge in [0, 0.05) is 13.1 Å². The number of carboxylic acid groups (broad SMARTS) is 1. The van der Waals surface area contributed by atoms with E-state index in [-0.39, 0.29) is 0 Å². The minimum absolute atomic E-state index is 0.483. The van der Waals surface area contributed by atoms with E-state index in [2.05, 4.69) is 0 Å². The van der Waals surface area contributed by atoms with Crippen LogP contribution in [0.3, 0.4) is 0 Å². The number of hydrogen-bond acceptors (Lipinski definition) is 3. The predicted molar refractivity (Wildman–Crippen MR) is 69.7 cm³/mol. The van der Waals surface area contributed by atoms with Crippen LogP contribution < -0.4 is 4.74 Å². The molecule has 18 heavy (non-hydrogen) atoms. The Morgan fingerprint density at radius 2 is 2.22 bits per heavy atom.